The Labute approximate surface area is 326 Å². The molecule has 0 saturated carbocycles. The molecule has 0 atom stereocenters. The van der Waals surface area contributed by atoms with Gasteiger partial charge in [-0.25, -0.2) is 15.0 Å². The topological polar surface area (TPSA) is 56.5 Å². The number of para-hydroxylation sites is 2. The average Bonchev–Trinajstić information content (AvgIpc) is 3.83. The van der Waals surface area contributed by atoms with Gasteiger partial charge in [-0.3, -0.25) is 4.98 Å². The SMILES string of the molecule is c1ccc(-c2nc(-c3ccc(-c4cccc5c4sc4ccccc45)cc3)nc(-c3cc(-n4c5ccccc5c5ccccc54)c(-c4ccccc4)cn3)n2)cc1. The predicted molar refractivity (Wildman–Crippen MR) is 232 cm³/mol. The summed E-state index contributed by atoms with van der Waals surface area (Å²) in [7, 11) is 0. The van der Waals surface area contributed by atoms with Crippen molar-refractivity contribution in [3.8, 4) is 62.2 Å². The lowest BCUT2D eigenvalue weighted by Crippen LogP contribution is -2.03. The van der Waals surface area contributed by atoms with Crippen LogP contribution in [0.2, 0.25) is 0 Å². The second-order valence-corrected chi connectivity index (χ2v) is 14.9. The number of thiophene rings is 1. The van der Waals surface area contributed by atoms with Gasteiger partial charge in [0, 0.05) is 53.8 Å². The van der Waals surface area contributed by atoms with Gasteiger partial charge in [0.05, 0.1) is 16.7 Å². The molecule has 0 radical (unpaired) electrons. The molecule has 0 fully saturated rings. The van der Waals surface area contributed by atoms with Gasteiger partial charge in [-0.2, -0.15) is 0 Å². The smallest absolute Gasteiger partial charge is 0.182 e. The molecule has 0 aliphatic heterocycles. The number of pyridine rings is 1. The zero-order valence-corrected chi connectivity index (χ0v) is 30.9. The van der Waals surface area contributed by atoms with E-state index < -0.39 is 0 Å². The summed E-state index contributed by atoms with van der Waals surface area (Å²) in [4.78, 5) is 20.3. The van der Waals surface area contributed by atoms with Crippen molar-refractivity contribution in [2.45, 2.75) is 0 Å². The maximum absolute atomic E-state index is 5.14. The van der Waals surface area contributed by atoms with E-state index in [0.717, 1.165) is 44.5 Å². The van der Waals surface area contributed by atoms with Gasteiger partial charge in [0.25, 0.3) is 0 Å². The summed E-state index contributed by atoms with van der Waals surface area (Å²) in [5.41, 5.74) is 10.2. The number of fused-ring (bicyclic) bond motifs is 6. The normalized spacial score (nSPS) is 11.6. The molecular formula is C50H31N5S. The fraction of sp³-hybridized carbons (Fsp3) is 0. The van der Waals surface area contributed by atoms with Gasteiger partial charge in [-0.15, -0.1) is 11.3 Å². The Morgan fingerprint density at radius 2 is 0.911 bits per heavy atom. The molecule has 262 valence electrons. The zero-order valence-electron chi connectivity index (χ0n) is 30.0. The number of aromatic nitrogens is 5. The van der Waals surface area contributed by atoms with E-state index in [1.165, 1.54) is 36.5 Å². The molecule has 56 heavy (non-hydrogen) atoms. The molecule has 7 aromatic carbocycles. The fourth-order valence-corrected chi connectivity index (χ4v) is 9.12. The van der Waals surface area contributed by atoms with Crippen molar-refractivity contribution in [1.82, 2.24) is 24.5 Å². The summed E-state index contributed by atoms with van der Waals surface area (Å²) < 4.78 is 4.93. The summed E-state index contributed by atoms with van der Waals surface area (Å²) >= 11 is 1.84. The zero-order chi connectivity index (χ0) is 37.0. The van der Waals surface area contributed by atoms with Gasteiger partial charge in [-0.1, -0.05) is 158 Å². The molecule has 4 heterocycles. The first-order chi connectivity index (χ1) is 27.8. The highest BCUT2D eigenvalue weighted by Gasteiger charge is 2.20. The largest absolute Gasteiger partial charge is 0.308 e. The van der Waals surface area contributed by atoms with Gasteiger partial charge < -0.3 is 4.57 Å². The van der Waals surface area contributed by atoms with Crippen molar-refractivity contribution in [2.24, 2.45) is 0 Å². The molecule has 0 bridgehead atoms. The van der Waals surface area contributed by atoms with Gasteiger partial charge >= 0.3 is 0 Å². The Bertz CT molecular complexity index is 3190. The molecule has 6 heteroatoms. The number of nitrogens with zero attached hydrogens (tertiary/aromatic N) is 5. The first-order valence-corrected chi connectivity index (χ1v) is 19.5. The van der Waals surface area contributed by atoms with Crippen molar-refractivity contribution in [2.75, 3.05) is 0 Å². The van der Waals surface area contributed by atoms with Crippen molar-refractivity contribution < 1.29 is 0 Å². The summed E-state index contributed by atoms with van der Waals surface area (Å²) in [6.07, 6.45) is 1.96. The van der Waals surface area contributed by atoms with E-state index in [4.69, 9.17) is 19.9 Å². The predicted octanol–water partition coefficient (Wildman–Crippen LogP) is 13.1. The molecule has 4 aromatic heterocycles. The molecule has 0 spiro atoms. The van der Waals surface area contributed by atoms with Crippen LogP contribution in [0.3, 0.4) is 0 Å². The van der Waals surface area contributed by atoms with Crippen molar-refractivity contribution >= 4 is 53.3 Å². The minimum Gasteiger partial charge on any atom is -0.308 e. The van der Waals surface area contributed by atoms with E-state index in [2.05, 4.69) is 150 Å². The standard InChI is InChI=1S/C50H31N5S/c1-3-14-32(15-4-1)41-31-51-42(30-45(41)55-43-23-10-7-18-37(43)38-19-8-11-24-44(38)55)50-53-48(34-16-5-2-6-17-34)52-49(54-50)35-28-26-33(27-29-35)36-21-13-22-40-39-20-9-12-25-46(39)56-47(36)40/h1-31H. The fourth-order valence-electron chi connectivity index (χ4n) is 7.88. The van der Waals surface area contributed by atoms with Crippen LogP contribution in [0, 0.1) is 0 Å². The molecule has 11 aromatic rings. The van der Waals surface area contributed by atoms with Crippen LogP contribution < -0.4 is 0 Å². The Hall–Kier alpha value is -7.28. The lowest BCUT2D eigenvalue weighted by Gasteiger charge is -2.15. The molecule has 0 amide bonds. The summed E-state index contributed by atoms with van der Waals surface area (Å²) in [5.74, 6) is 1.69. The first kappa shape index (κ1) is 32.2. The minimum absolute atomic E-state index is 0.509. The highest BCUT2D eigenvalue weighted by Crippen LogP contribution is 2.41. The maximum atomic E-state index is 5.14. The number of benzene rings is 7. The van der Waals surface area contributed by atoms with E-state index in [1.807, 2.05) is 53.9 Å². The Morgan fingerprint density at radius 1 is 0.393 bits per heavy atom. The van der Waals surface area contributed by atoms with Crippen LogP contribution >= 0.6 is 11.3 Å². The molecule has 0 N–H and O–H groups in total. The highest BCUT2D eigenvalue weighted by atomic mass is 32.1. The van der Waals surface area contributed by atoms with E-state index in [-0.39, 0.29) is 0 Å². The minimum atomic E-state index is 0.509. The van der Waals surface area contributed by atoms with Crippen LogP contribution in [-0.2, 0) is 0 Å². The third-order valence-electron chi connectivity index (χ3n) is 10.5. The van der Waals surface area contributed by atoms with Crippen molar-refractivity contribution in [3.63, 3.8) is 0 Å². The third kappa shape index (κ3) is 5.38. The number of hydrogen-bond acceptors (Lipinski definition) is 5. The van der Waals surface area contributed by atoms with E-state index in [0.29, 0.717) is 23.2 Å². The van der Waals surface area contributed by atoms with Gasteiger partial charge in [0.2, 0.25) is 0 Å². The second kappa shape index (κ2) is 13.2. The van der Waals surface area contributed by atoms with Crippen LogP contribution in [-0.4, -0.2) is 24.5 Å². The highest BCUT2D eigenvalue weighted by molar-refractivity contribution is 7.26. The van der Waals surface area contributed by atoms with Crippen LogP contribution in [0.5, 0.6) is 0 Å². The van der Waals surface area contributed by atoms with Crippen molar-refractivity contribution in [1.29, 1.82) is 0 Å². The van der Waals surface area contributed by atoms with Crippen molar-refractivity contribution in [3.05, 3.63) is 188 Å². The van der Waals surface area contributed by atoms with Crippen LogP contribution in [0.25, 0.3) is 104 Å². The Morgan fingerprint density at radius 3 is 1.61 bits per heavy atom. The van der Waals surface area contributed by atoms with E-state index >= 15 is 0 Å². The molecule has 0 aliphatic carbocycles. The third-order valence-corrected chi connectivity index (χ3v) is 11.8. The summed E-state index contributed by atoms with van der Waals surface area (Å²) in [6, 6.07) is 63.6. The van der Waals surface area contributed by atoms with Crippen LogP contribution in [0.15, 0.2) is 188 Å². The number of rotatable bonds is 6. The second-order valence-electron chi connectivity index (χ2n) is 13.9. The van der Waals surface area contributed by atoms with Gasteiger partial charge in [0.1, 0.15) is 5.69 Å². The lowest BCUT2D eigenvalue weighted by molar-refractivity contribution is 1.05. The Kier molecular flexibility index (Phi) is 7.60. The molecule has 11 rings (SSSR count). The summed E-state index contributed by atoms with van der Waals surface area (Å²) in [5, 5.41) is 4.97. The average molecular weight is 734 g/mol. The van der Waals surface area contributed by atoms with Gasteiger partial charge in [-0.05, 0) is 41.0 Å². The lowest BCUT2D eigenvalue weighted by atomic mass is 10.0. The molecule has 0 saturated heterocycles. The molecular weight excluding hydrogens is 703 g/mol. The van der Waals surface area contributed by atoms with Gasteiger partial charge in [0.15, 0.2) is 17.5 Å². The monoisotopic (exact) mass is 733 g/mol. The van der Waals surface area contributed by atoms with E-state index in [9.17, 15) is 0 Å². The number of hydrogen-bond donors (Lipinski definition) is 0. The molecule has 5 nitrogen and oxygen atoms in total. The maximum Gasteiger partial charge on any atom is 0.182 e. The Balaban J connectivity index is 1.08. The molecule has 0 unspecified atom stereocenters. The van der Waals surface area contributed by atoms with E-state index in [1.54, 1.807) is 0 Å². The quantitative estimate of drug-likeness (QED) is 0.171. The summed E-state index contributed by atoms with van der Waals surface area (Å²) in [6.45, 7) is 0. The van der Waals surface area contributed by atoms with Crippen LogP contribution in [0.4, 0.5) is 0 Å². The molecule has 0 aliphatic rings. The van der Waals surface area contributed by atoms with Crippen LogP contribution in [0.1, 0.15) is 0 Å². The first-order valence-electron chi connectivity index (χ1n) is 18.6.